The van der Waals surface area contributed by atoms with Gasteiger partial charge in [0.05, 0.1) is 0 Å². The molecule has 116 valence electrons. The van der Waals surface area contributed by atoms with Crippen LogP contribution in [0.5, 0.6) is 5.75 Å². The standard InChI is InChI=1S/C21H19FO/c22-20-10-4-8-17(14-20)12-13-18-9-5-11-21(15-18)23-16-19-6-2-1-3-7-19/h1-11,14-15H,12-13,16H2. The van der Waals surface area contributed by atoms with Crippen molar-refractivity contribution in [3.8, 4) is 5.75 Å². The van der Waals surface area contributed by atoms with E-state index in [9.17, 15) is 4.39 Å². The predicted octanol–water partition coefficient (Wildman–Crippen LogP) is 5.19. The Balaban J connectivity index is 1.59. The maximum atomic E-state index is 13.2. The highest BCUT2D eigenvalue weighted by molar-refractivity contribution is 5.30. The monoisotopic (exact) mass is 306 g/mol. The lowest BCUT2D eigenvalue weighted by Crippen LogP contribution is -1.97. The lowest BCUT2D eigenvalue weighted by molar-refractivity contribution is 0.306. The summed E-state index contributed by atoms with van der Waals surface area (Å²) >= 11 is 0. The maximum Gasteiger partial charge on any atom is 0.123 e. The molecule has 1 nitrogen and oxygen atoms in total. The van der Waals surface area contributed by atoms with Gasteiger partial charge in [-0.15, -0.1) is 0 Å². The fourth-order valence-corrected chi connectivity index (χ4v) is 2.51. The summed E-state index contributed by atoms with van der Waals surface area (Å²) in [5.41, 5.74) is 3.36. The summed E-state index contributed by atoms with van der Waals surface area (Å²) in [5.74, 6) is 0.688. The van der Waals surface area contributed by atoms with Crippen molar-refractivity contribution >= 4 is 0 Å². The van der Waals surface area contributed by atoms with Gasteiger partial charge in [-0.05, 0) is 53.8 Å². The van der Waals surface area contributed by atoms with Gasteiger partial charge in [-0.25, -0.2) is 4.39 Å². The van der Waals surface area contributed by atoms with Crippen LogP contribution in [-0.2, 0) is 19.4 Å². The largest absolute Gasteiger partial charge is 0.489 e. The van der Waals surface area contributed by atoms with Gasteiger partial charge in [0, 0.05) is 0 Å². The molecule has 0 bridgehead atoms. The Labute approximate surface area is 136 Å². The predicted molar refractivity (Wildman–Crippen MR) is 91.0 cm³/mol. The summed E-state index contributed by atoms with van der Waals surface area (Å²) in [6.45, 7) is 0.564. The average molecular weight is 306 g/mol. The molecule has 0 fully saturated rings. The number of halogens is 1. The molecule has 0 atom stereocenters. The number of benzene rings is 3. The van der Waals surface area contributed by atoms with E-state index in [4.69, 9.17) is 4.74 Å². The van der Waals surface area contributed by atoms with Crippen molar-refractivity contribution in [1.82, 2.24) is 0 Å². The summed E-state index contributed by atoms with van der Waals surface area (Å²) in [6, 6.07) is 25.0. The van der Waals surface area contributed by atoms with E-state index in [0.717, 1.165) is 29.7 Å². The summed E-state index contributed by atoms with van der Waals surface area (Å²) < 4.78 is 19.0. The van der Waals surface area contributed by atoms with Gasteiger partial charge in [0.1, 0.15) is 18.2 Å². The summed E-state index contributed by atoms with van der Waals surface area (Å²) in [6.07, 6.45) is 1.69. The van der Waals surface area contributed by atoms with E-state index < -0.39 is 0 Å². The third kappa shape index (κ3) is 4.68. The molecule has 0 saturated heterocycles. The van der Waals surface area contributed by atoms with Gasteiger partial charge >= 0.3 is 0 Å². The molecule has 0 amide bonds. The number of rotatable bonds is 6. The summed E-state index contributed by atoms with van der Waals surface area (Å²) in [5, 5.41) is 0. The first-order valence-electron chi connectivity index (χ1n) is 7.80. The molecule has 0 heterocycles. The highest BCUT2D eigenvalue weighted by Gasteiger charge is 2.01. The zero-order valence-electron chi connectivity index (χ0n) is 12.9. The van der Waals surface area contributed by atoms with Gasteiger partial charge in [0.15, 0.2) is 0 Å². The van der Waals surface area contributed by atoms with E-state index in [0.29, 0.717) is 6.61 Å². The minimum Gasteiger partial charge on any atom is -0.489 e. The molecule has 3 rings (SSSR count). The third-order valence-corrected chi connectivity index (χ3v) is 3.74. The van der Waals surface area contributed by atoms with Gasteiger partial charge in [-0.1, -0.05) is 54.6 Å². The summed E-state index contributed by atoms with van der Waals surface area (Å²) in [7, 11) is 0. The van der Waals surface area contributed by atoms with Crippen molar-refractivity contribution in [3.05, 3.63) is 101 Å². The molecule has 0 aliphatic carbocycles. The molecule has 0 aromatic heterocycles. The fourth-order valence-electron chi connectivity index (χ4n) is 2.51. The second kappa shape index (κ2) is 7.59. The van der Waals surface area contributed by atoms with Crippen LogP contribution in [0.25, 0.3) is 0 Å². The highest BCUT2D eigenvalue weighted by Crippen LogP contribution is 2.17. The molecule has 2 heteroatoms. The number of ether oxygens (including phenoxy) is 1. The van der Waals surface area contributed by atoms with Crippen molar-refractivity contribution in [2.24, 2.45) is 0 Å². The van der Waals surface area contributed by atoms with E-state index in [1.807, 2.05) is 48.5 Å². The normalized spacial score (nSPS) is 10.5. The Hall–Kier alpha value is -2.61. The molecule has 0 unspecified atom stereocenters. The van der Waals surface area contributed by atoms with Gasteiger partial charge < -0.3 is 4.74 Å². The van der Waals surface area contributed by atoms with Crippen molar-refractivity contribution < 1.29 is 9.13 Å². The van der Waals surface area contributed by atoms with Crippen LogP contribution in [0, 0.1) is 5.82 Å². The Kier molecular flexibility index (Phi) is 5.05. The molecule has 3 aromatic carbocycles. The SMILES string of the molecule is Fc1cccc(CCc2cccc(OCc3ccccc3)c2)c1. The van der Waals surface area contributed by atoms with Crippen LogP contribution >= 0.6 is 0 Å². The van der Waals surface area contributed by atoms with Crippen LogP contribution in [0.2, 0.25) is 0 Å². The Morgan fingerprint density at radius 1 is 0.652 bits per heavy atom. The zero-order chi connectivity index (χ0) is 15.9. The fraction of sp³-hybridized carbons (Fsp3) is 0.143. The van der Waals surface area contributed by atoms with Crippen LogP contribution in [0.15, 0.2) is 78.9 Å². The van der Waals surface area contributed by atoms with Crippen LogP contribution in [0.1, 0.15) is 16.7 Å². The van der Waals surface area contributed by atoms with Crippen LogP contribution < -0.4 is 4.74 Å². The van der Waals surface area contributed by atoms with E-state index in [1.165, 1.54) is 11.6 Å². The lowest BCUT2D eigenvalue weighted by atomic mass is 10.0. The van der Waals surface area contributed by atoms with Gasteiger partial charge in [0.25, 0.3) is 0 Å². The van der Waals surface area contributed by atoms with Crippen molar-refractivity contribution in [3.63, 3.8) is 0 Å². The molecule has 0 spiro atoms. The smallest absolute Gasteiger partial charge is 0.123 e. The highest BCUT2D eigenvalue weighted by atomic mass is 19.1. The molecule has 0 saturated carbocycles. The minimum atomic E-state index is -0.178. The molecule has 0 aliphatic rings. The van der Waals surface area contributed by atoms with E-state index in [1.54, 1.807) is 12.1 Å². The van der Waals surface area contributed by atoms with Crippen molar-refractivity contribution in [2.75, 3.05) is 0 Å². The molecule has 0 N–H and O–H groups in total. The maximum absolute atomic E-state index is 13.2. The second-order valence-corrected chi connectivity index (χ2v) is 5.55. The average Bonchev–Trinajstić information content (AvgIpc) is 2.60. The van der Waals surface area contributed by atoms with Crippen molar-refractivity contribution in [2.45, 2.75) is 19.4 Å². The lowest BCUT2D eigenvalue weighted by Gasteiger charge is -2.08. The van der Waals surface area contributed by atoms with E-state index in [2.05, 4.69) is 12.1 Å². The Morgan fingerprint density at radius 2 is 1.30 bits per heavy atom. The van der Waals surface area contributed by atoms with Gasteiger partial charge in [-0.2, -0.15) is 0 Å². The van der Waals surface area contributed by atoms with Crippen LogP contribution in [-0.4, -0.2) is 0 Å². The number of hydrogen-bond acceptors (Lipinski definition) is 1. The number of aryl methyl sites for hydroxylation is 2. The number of hydrogen-bond donors (Lipinski definition) is 0. The minimum absolute atomic E-state index is 0.178. The first-order chi connectivity index (χ1) is 11.3. The Morgan fingerprint density at radius 3 is 2.04 bits per heavy atom. The molecule has 23 heavy (non-hydrogen) atoms. The van der Waals surface area contributed by atoms with Crippen molar-refractivity contribution in [1.29, 1.82) is 0 Å². The first kappa shape index (κ1) is 15.3. The van der Waals surface area contributed by atoms with Crippen LogP contribution in [0.3, 0.4) is 0 Å². The molecule has 0 radical (unpaired) electrons. The van der Waals surface area contributed by atoms with Gasteiger partial charge in [-0.3, -0.25) is 0 Å². The van der Waals surface area contributed by atoms with E-state index in [-0.39, 0.29) is 5.82 Å². The molecule has 0 aliphatic heterocycles. The van der Waals surface area contributed by atoms with E-state index >= 15 is 0 Å². The molecular formula is C21H19FO. The quantitative estimate of drug-likeness (QED) is 0.609. The summed E-state index contributed by atoms with van der Waals surface area (Å²) in [4.78, 5) is 0. The zero-order valence-corrected chi connectivity index (χ0v) is 12.9. The second-order valence-electron chi connectivity index (χ2n) is 5.55. The first-order valence-corrected chi connectivity index (χ1v) is 7.80. The van der Waals surface area contributed by atoms with Gasteiger partial charge in [0.2, 0.25) is 0 Å². The topological polar surface area (TPSA) is 9.23 Å². The molecule has 3 aromatic rings. The molecular weight excluding hydrogens is 287 g/mol. The van der Waals surface area contributed by atoms with Crippen LogP contribution in [0.4, 0.5) is 4.39 Å². The Bertz CT molecular complexity index is 753. The third-order valence-electron chi connectivity index (χ3n) is 3.74.